The zero-order valence-corrected chi connectivity index (χ0v) is 11.9. The van der Waals surface area contributed by atoms with Crippen LogP contribution in [-0.4, -0.2) is 17.8 Å². The molecule has 1 aliphatic carbocycles. The summed E-state index contributed by atoms with van der Waals surface area (Å²) in [7, 11) is 1.66. The third-order valence-electron chi connectivity index (χ3n) is 4.39. The molecule has 1 aromatic carbocycles. The maximum atomic E-state index is 13.3. The molecule has 106 valence electrons. The van der Waals surface area contributed by atoms with Gasteiger partial charge in [0, 0.05) is 7.11 Å². The minimum atomic E-state index is -0.695. The molecule has 0 aliphatic heterocycles. The summed E-state index contributed by atoms with van der Waals surface area (Å²) in [6.07, 6.45) is 3.25. The molecule has 0 spiro atoms. The molecule has 0 radical (unpaired) electrons. The molecule has 0 heterocycles. The first-order valence-corrected chi connectivity index (χ1v) is 6.98. The molecule has 0 amide bonds. The van der Waals surface area contributed by atoms with Crippen LogP contribution in [0.1, 0.15) is 49.8 Å². The Morgan fingerprint density at radius 3 is 2.79 bits per heavy atom. The summed E-state index contributed by atoms with van der Waals surface area (Å²) >= 11 is 0. The molecule has 1 fully saturated rings. The molecule has 1 saturated carbocycles. The Hall–Kier alpha value is -0.930. The molecule has 1 aliphatic rings. The van der Waals surface area contributed by atoms with Crippen molar-refractivity contribution in [1.82, 2.24) is 0 Å². The van der Waals surface area contributed by atoms with Crippen molar-refractivity contribution >= 4 is 0 Å². The van der Waals surface area contributed by atoms with Crippen molar-refractivity contribution in [2.24, 2.45) is 5.92 Å². The molecular formula is C16H23FO2. The van der Waals surface area contributed by atoms with Crippen LogP contribution in [0, 0.1) is 18.7 Å². The van der Waals surface area contributed by atoms with E-state index in [1.54, 1.807) is 26.2 Å². The van der Waals surface area contributed by atoms with E-state index in [2.05, 4.69) is 6.92 Å². The monoisotopic (exact) mass is 266 g/mol. The molecule has 3 atom stereocenters. The van der Waals surface area contributed by atoms with Gasteiger partial charge in [-0.15, -0.1) is 0 Å². The number of aliphatic hydroxyl groups excluding tert-OH is 1. The normalized spacial score (nSPS) is 29.2. The molecule has 0 aromatic heterocycles. The van der Waals surface area contributed by atoms with Crippen molar-refractivity contribution in [3.63, 3.8) is 0 Å². The number of benzene rings is 1. The van der Waals surface area contributed by atoms with Crippen molar-refractivity contribution in [2.75, 3.05) is 7.11 Å². The number of aliphatic hydroxyl groups is 1. The molecule has 0 bridgehead atoms. The Balaban J connectivity index is 2.29. The van der Waals surface area contributed by atoms with Gasteiger partial charge in [0.05, 0.1) is 5.60 Å². The quantitative estimate of drug-likeness (QED) is 0.902. The van der Waals surface area contributed by atoms with E-state index in [-0.39, 0.29) is 5.82 Å². The van der Waals surface area contributed by atoms with Crippen molar-refractivity contribution < 1.29 is 14.2 Å². The molecule has 3 unspecified atom stereocenters. The van der Waals surface area contributed by atoms with Crippen LogP contribution >= 0.6 is 0 Å². The Bertz CT molecular complexity index is 446. The Morgan fingerprint density at radius 1 is 1.47 bits per heavy atom. The topological polar surface area (TPSA) is 29.5 Å². The smallest absolute Gasteiger partial charge is 0.126 e. The van der Waals surface area contributed by atoms with Crippen molar-refractivity contribution in [1.29, 1.82) is 0 Å². The van der Waals surface area contributed by atoms with Crippen LogP contribution in [0.15, 0.2) is 18.2 Å². The average molecular weight is 266 g/mol. The number of methoxy groups -OCH3 is 1. The van der Waals surface area contributed by atoms with E-state index >= 15 is 0 Å². The first kappa shape index (κ1) is 14.5. The number of hydrogen-bond donors (Lipinski definition) is 1. The average Bonchev–Trinajstić information content (AvgIpc) is 2.41. The molecule has 2 rings (SSSR count). The van der Waals surface area contributed by atoms with Gasteiger partial charge in [0.25, 0.3) is 0 Å². The molecule has 1 aromatic rings. The van der Waals surface area contributed by atoms with Gasteiger partial charge in [0.2, 0.25) is 0 Å². The predicted octanol–water partition coefficient (Wildman–Crippen LogP) is 3.76. The Labute approximate surface area is 114 Å². The van der Waals surface area contributed by atoms with Gasteiger partial charge in [0.1, 0.15) is 11.9 Å². The largest absolute Gasteiger partial charge is 0.385 e. The van der Waals surface area contributed by atoms with Crippen LogP contribution in [0.25, 0.3) is 0 Å². The maximum Gasteiger partial charge on any atom is 0.126 e. The third kappa shape index (κ3) is 2.82. The highest BCUT2D eigenvalue weighted by Gasteiger charge is 2.42. The van der Waals surface area contributed by atoms with Crippen LogP contribution < -0.4 is 0 Å². The minimum absolute atomic E-state index is 0.237. The second-order valence-corrected chi connectivity index (χ2v) is 5.88. The van der Waals surface area contributed by atoms with E-state index < -0.39 is 11.7 Å². The van der Waals surface area contributed by atoms with Crippen LogP contribution in [0.5, 0.6) is 0 Å². The molecule has 3 heteroatoms. The van der Waals surface area contributed by atoms with Gasteiger partial charge in [-0.3, -0.25) is 0 Å². The van der Waals surface area contributed by atoms with E-state index in [0.717, 1.165) is 24.8 Å². The van der Waals surface area contributed by atoms with E-state index in [0.29, 0.717) is 11.5 Å². The summed E-state index contributed by atoms with van der Waals surface area (Å²) in [6.45, 7) is 3.91. The fraction of sp³-hybridized carbons (Fsp3) is 0.625. The molecule has 0 saturated heterocycles. The number of rotatable bonds is 3. The minimum Gasteiger partial charge on any atom is -0.385 e. The number of halogens is 1. The highest BCUT2D eigenvalue weighted by molar-refractivity contribution is 5.27. The van der Waals surface area contributed by atoms with Gasteiger partial charge in [-0.25, -0.2) is 4.39 Å². The fourth-order valence-electron chi connectivity index (χ4n) is 3.23. The van der Waals surface area contributed by atoms with Gasteiger partial charge in [-0.1, -0.05) is 31.9 Å². The van der Waals surface area contributed by atoms with Gasteiger partial charge in [-0.05, 0) is 42.9 Å². The van der Waals surface area contributed by atoms with Gasteiger partial charge in [-0.2, -0.15) is 0 Å². The zero-order chi connectivity index (χ0) is 14.0. The molecular weight excluding hydrogens is 243 g/mol. The molecule has 1 N–H and O–H groups in total. The third-order valence-corrected chi connectivity index (χ3v) is 4.39. The first-order chi connectivity index (χ1) is 8.98. The highest BCUT2D eigenvalue weighted by Crippen LogP contribution is 2.43. The SMILES string of the molecule is COC1(C(O)c2ccc(F)c(C)c2)CCCC(C)C1. The van der Waals surface area contributed by atoms with E-state index in [1.165, 1.54) is 12.5 Å². The summed E-state index contributed by atoms with van der Waals surface area (Å²) in [5, 5.41) is 10.7. The Morgan fingerprint density at radius 2 is 2.21 bits per heavy atom. The second kappa shape index (κ2) is 5.59. The second-order valence-electron chi connectivity index (χ2n) is 5.88. The lowest BCUT2D eigenvalue weighted by atomic mass is 9.74. The van der Waals surface area contributed by atoms with Crippen LogP contribution in [-0.2, 0) is 4.74 Å². The van der Waals surface area contributed by atoms with Crippen molar-refractivity contribution in [3.8, 4) is 0 Å². The van der Waals surface area contributed by atoms with Crippen LogP contribution in [0.2, 0.25) is 0 Å². The number of hydrogen-bond acceptors (Lipinski definition) is 2. The standard InChI is InChI=1S/C16H23FO2/c1-11-5-4-8-16(10-11,19-3)15(18)13-6-7-14(17)12(2)9-13/h6-7,9,11,15,18H,4-5,8,10H2,1-3H3. The maximum absolute atomic E-state index is 13.3. The summed E-state index contributed by atoms with van der Waals surface area (Å²) in [5.74, 6) is 0.310. The Kier molecular flexibility index (Phi) is 4.26. The molecule has 19 heavy (non-hydrogen) atoms. The zero-order valence-electron chi connectivity index (χ0n) is 11.9. The lowest BCUT2D eigenvalue weighted by molar-refractivity contribution is -0.134. The molecule has 2 nitrogen and oxygen atoms in total. The van der Waals surface area contributed by atoms with E-state index in [9.17, 15) is 9.50 Å². The summed E-state index contributed by atoms with van der Waals surface area (Å²) in [5.41, 5.74) is 0.781. The number of ether oxygens (including phenoxy) is 1. The summed E-state index contributed by atoms with van der Waals surface area (Å²) in [6, 6.07) is 4.80. The van der Waals surface area contributed by atoms with Gasteiger partial charge in [0.15, 0.2) is 0 Å². The van der Waals surface area contributed by atoms with Crippen LogP contribution in [0.3, 0.4) is 0 Å². The predicted molar refractivity (Wildman–Crippen MR) is 73.5 cm³/mol. The summed E-state index contributed by atoms with van der Waals surface area (Å²) < 4.78 is 19.0. The van der Waals surface area contributed by atoms with Gasteiger partial charge >= 0.3 is 0 Å². The van der Waals surface area contributed by atoms with Gasteiger partial charge < -0.3 is 9.84 Å². The first-order valence-electron chi connectivity index (χ1n) is 6.98. The summed E-state index contributed by atoms with van der Waals surface area (Å²) in [4.78, 5) is 0. The van der Waals surface area contributed by atoms with Crippen LogP contribution in [0.4, 0.5) is 4.39 Å². The van der Waals surface area contributed by atoms with E-state index in [4.69, 9.17) is 4.74 Å². The van der Waals surface area contributed by atoms with Crippen molar-refractivity contribution in [3.05, 3.63) is 35.1 Å². The highest BCUT2D eigenvalue weighted by atomic mass is 19.1. The lowest BCUT2D eigenvalue weighted by Gasteiger charge is -2.42. The lowest BCUT2D eigenvalue weighted by Crippen LogP contribution is -2.42. The number of aryl methyl sites for hydroxylation is 1. The van der Waals surface area contributed by atoms with E-state index in [1.807, 2.05) is 0 Å². The fourth-order valence-corrected chi connectivity index (χ4v) is 3.23. The van der Waals surface area contributed by atoms with Crippen molar-refractivity contribution in [2.45, 2.75) is 51.2 Å².